The Hall–Kier alpha value is -1.87. The monoisotopic (exact) mass is 451 g/mol. The summed E-state index contributed by atoms with van der Waals surface area (Å²) >= 11 is 11.9. The molecular formula is C17H18Cl3F2N5O. The number of aromatic amines is 1. The van der Waals surface area contributed by atoms with Crippen LogP contribution in [0.4, 0.5) is 14.6 Å². The maximum Gasteiger partial charge on any atom is 0.226 e. The van der Waals surface area contributed by atoms with E-state index in [1.54, 1.807) is 6.92 Å². The van der Waals surface area contributed by atoms with E-state index >= 15 is 0 Å². The van der Waals surface area contributed by atoms with Crippen LogP contribution in [-0.4, -0.2) is 34.6 Å². The minimum atomic E-state index is -0.626. The second-order valence-electron chi connectivity index (χ2n) is 5.81. The molecule has 28 heavy (non-hydrogen) atoms. The fourth-order valence-electron chi connectivity index (χ4n) is 2.84. The van der Waals surface area contributed by atoms with Crippen molar-refractivity contribution in [1.82, 2.24) is 15.0 Å². The normalized spacial score (nSPS) is 10.8. The lowest BCUT2D eigenvalue weighted by atomic mass is 10.1. The van der Waals surface area contributed by atoms with Crippen LogP contribution in [0, 0.1) is 18.6 Å². The lowest BCUT2D eigenvalue weighted by Crippen LogP contribution is -2.14. The zero-order valence-corrected chi connectivity index (χ0v) is 17.1. The molecule has 0 saturated carbocycles. The van der Waals surface area contributed by atoms with Crippen LogP contribution >= 0.6 is 35.6 Å². The van der Waals surface area contributed by atoms with E-state index in [2.05, 4.69) is 20.3 Å². The molecule has 2 heterocycles. The number of hydrogen-bond acceptors (Lipinski definition) is 5. The molecule has 0 atom stereocenters. The van der Waals surface area contributed by atoms with Crippen molar-refractivity contribution < 1.29 is 13.5 Å². The highest BCUT2D eigenvalue weighted by Gasteiger charge is 2.16. The number of nitrogens with one attached hydrogen (secondary N) is 2. The first kappa shape index (κ1) is 22.4. The van der Waals surface area contributed by atoms with Gasteiger partial charge in [0, 0.05) is 30.2 Å². The summed E-state index contributed by atoms with van der Waals surface area (Å²) in [6.07, 6.45) is 0.476. The van der Waals surface area contributed by atoms with Crippen molar-refractivity contribution in [2.75, 3.05) is 25.0 Å². The molecule has 0 saturated heterocycles. The largest absolute Gasteiger partial charge is 0.486 e. The van der Waals surface area contributed by atoms with Gasteiger partial charge in [-0.15, -0.1) is 12.4 Å². The number of rotatable bonds is 7. The molecule has 0 unspecified atom stereocenters. The summed E-state index contributed by atoms with van der Waals surface area (Å²) in [4.78, 5) is 10.9. The van der Waals surface area contributed by atoms with E-state index in [0.717, 1.165) is 17.3 Å². The number of anilines is 1. The number of nitrogens with two attached hydrogens (primary N) is 1. The van der Waals surface area contributed by atoms with E-state index in [-0.39, 0.29) is 40.7 Å². The number of fused-ring (bicyclic) bond motifs is 1. The minimum absolute atomic E-state index is 0. The van der Waals surface area contributed by atoms with E-state index in [0.29, 0.717) is 30.7 Å². The Kier molecular flexibility index (Phi) is 7.65. The van der Waals surface area contributed by atoms with Crippen LogP contribution in [0.3, 0.4) is 0 Å². The summed E-state index contributed by atoms with van der Waals surface area (Å²) in [6, 6.07) is 2.16. The second-order valence-corrected chi connectivity index (χ2v) is 6.51. The molecule has 4 N–H and O–H groups in total. The predicted octanol–water partition coefficient (Wildman–Crippen LogP) is 4.27. The van der Waals surface area contributed by atoms with E-state index < -0.39 is 11.6 Å². The lowest BCUT2D eigenvalue weighted by molar-refractivity contribution is 0.327. The highest BCUT2D eigenvalue weighted by Crippen LogP contribution is 2.31. The van der Waals surface area contributed by atoms with Crippen molar-refractivity contribution in [2.45, 2.75) is 13.3 Å². The van der Waals surface area contributed by atoms with Crippen LogP contribution in [-0.2, 0) is 6.42 Å². The molecule has 0 aliphatic heterocycles. The van der Waals surface area contributed by atoms with Gasteiger partial charge < -0.3 is 20.8 Å². The van der Waals surface area contributed by atoms with Gasteiger partial charge in [-0.3, -0.25) is 0 Å². The van der Waals surface area contributed by atoms with Gasteiger partial charge in [0.05, 0.1) is 5.52 Å². The Labute approximate surface area is 176 Å². The van der Waals surface area contributed by atoms with Crippen LogP contribution < -0.4 is 15.8 Å². The number of H-pyrrole nitrogens is 1. The third-order valence-corrected chi connectivity index (χ3v) is 4.40. The standard InChI is InChI=1S/C17H17Cl2F2N5O.ClH/c1-8-10(11-6-9(20)7-12(21)13(11)24-8)2-4-23-16-14(27-5-3-22)15(18)25-17(19)26-16;/h6-7,24H,2-5,22H2,1H3,(H,23,25,26);1H. The number of ether oxygens (including phenoxy) is 1. The van der Waals surface area contributed by atoms with Crippen molar-refractivity contribution in [1.29, 1.82) is 0 Å². The van der Waals surface area contributed by atoms with Gasteiger partial charge in [0.15, 0.2) is 16.7 Å². The Balaban J connectivity index is 0.00000280. The van der Waals surface area contributed by atoms with Crippen molar-refractivity contribution in [3.63, 3.8) is 0 Å². The molecule has 1 aromatic carbocycles. The molecule has 0 amide bonds. The van der Waals surface area contributed by atoms with Crippen molar-refractivity contribution in [3.8, 4) is 5.75 Å². The van der Waals surface area contributed by atoms with E-state index in [1.165, 1.54) is 6.07 Å². The summed E-state index contributed by atoms with van der Waals surface area (Å²) in [5, 5.41) is 3.62. The molecule has 3 aromatic rings. The topological polar surface area (TPSA) is 88.8 Å². The molecule has 6 nitrogen and oxygen atoms in total. The van der Waals surface area contributed by atoms with Gasteiger partial charge in [-0.25, -0.2) is 13.8 Å². The molecule has 0 bridgehead atoms. The number of benzene rings is 1. The van der Waals surface area contributed by atoms with Crippen LogP contribution in [0.25, 0.3) is 10.9 Å². The average molecular weight is 453 g/mol. The maximum absolute atomic E-state index is 13.9. The van der Waals surface area contributed by atoms with Crippen molar-refractivity contribution in [2.24, 2.45) is 5.73 Å². The Morgan fingerprint density at radius 2 is 2.00 bits per heavy atom. The number of aromatic nitrogens is 3. The van der Waals surface area contributed by atoms with Gasteiger partial charge in [-0.1, -0.05) is 11.6 Å². The molecule has 0 radical (unpaired) electrons. The highest BCUT2D eigenvalue weighted by molar-refractivity contribution is 6.33. The molecule has 0 spiro atoms. The summed E-state index contributed by atoms with van der Waals surface area (Å²) < 4.78 is 33.0. The average Bonchev–Trinajstić information content (AvgIpc) is 2.90. The Morgan fingerprint density at radius 1 is 1.25 bits per heavy atom. The van der Waals surface area contributed by atoms with Gasteiger partial charge in [0.2, 0.25) is 5.28 Å². The minimum Gasteiger partial charge on any atom is -0.486 e. The summed E-state index contributed by atoms with van der Waals surface area (Å²) in [7, 11) is 0. The van der Waals surface area contributed by atoms with Crippen LogP contribution in [0.15, 0.2) is 12.1 Å². The Bertz CT molecular complexity index is 983. The lowest BCUT2D eigenvalue weighted by Gasteiger charge is -2.13. The quantitative estimate of drug-likeness (QED) is 0.368. The number of halogens is 5. The molecule has 11 heteroatoms. The molecule has 152 valence electrons. The van der Waals surface area contributed by atoms with E-state index in [4.69, 9.17) is 33.7 Å². The number of nitrogens with zero attached hydrogens (tertiary/aromatic N) is 2. The van der Waals surface area contributed by atoms with Gasteiger partial charge in [-0.05, 0) is 36.6 Å². The van der Waals surface area contributed by atoms with Crippen molar-refractivity contribution >= 4 is 52.3 Å². The van der Waals surface area contributed by atoms with Gasteiger partial charge in [0.1, 0.15) is 18.2 Å². The summed E-state index contributed by atoms with van der Waals surface area (Å²) in [5.74, 6) is -0.679. The van der Waals surface area contributed by atoms with Crippen LogP contribution in [0.2, 0.25) is 10.4 Å². The fourth-order valence-corrected chi connectivity index (χ4v) is 3.27. The SMILES string of the molecule is Cc1[nH]c2c(F)cc(F)cc2c1CCNc1nc(Cl)nc(Cl)c1OCCN.Cl. The summed E-state index contributed by atoms with van der Waals surface area (Å²) in [5.41, 5.74) is 7.28. The molecular weight excluding hydrogens is 435 g/mol. The number of hydrogen-bond donors (Lipinski definition) is 3. The van der Waals surface area contributed by atoms with Gasteiger partial charge in [0.25, 0.3) is 0 Å². The van der Waals surface area contributed by atoms with Crippen LogP contribution in [0.1, 0.15) is 11.3 Å². The molecule has 3 rings (SSSR count). The fraction of sp³-hybridized carbons (Fsp3) is 0.294. The third kappa shape index (κ3) is 4.75. The zero-order valence-electron chi connectivity index (χ0n) is 14.8. The van der Waals surface area contributed by atoms with Crippen molar-refractivity contribution in [3.05, 3.63) is 45.5 Å². The second kappa shape index (κ2) is 9.56. The first-order valence-electron chi connectivity index (χ1n) is 8.16. The van der Waals surface area contributed by atoms with Gasteiger partial charge >= 0.3 is 0 Å². The maximum atomic E-state index is 13.9. The number of aryl methyl sites for hydroxylation is 1. The van der Waals surface area contributed by atoms with Gasteiger partial charge in [-0.2, -0.15) is 4.98 Å². The zero-order chi connectivity index (χ0) is 19.6. The van der Waals surface area contributed by atoms with E-state index in [9.17, 15) is 8.78 Å². The first-order chi connectivity index (χ1) is 12.9. The smallest absolute Gasteiger partial charge is 0.226 e. The predicted molar refractivity (Wildman–Crippen MR) is 109 cm³/mol. The molecule has 2 aromatic heterocycles. The highest BCUT2D eigenvalue weighted by atomic mass is 35.5. The molecule has 0 aliphatic carbocycles. The van der Waals surface area contributed by atoms with E-state index in [1.807, 2.05) is 0 Å². The Morgan fingerprint density at radius 3 is 2.71 bits per heavy atom. The summed E-state index contributed by atoms with van der Waals surface area (Å²) in [6.45, 7) is 2.74. The first-order valence-corrected chi connectivity index (χ1v) is 8.92. The molecule has 0 fully saturated rings. The molecule has 0 aliphatic rings. The third-order valence-electron chi connectivity index (χ3n) is 3.97. The van der Waals surface area contributed by atoms with Crippen LogP contribution in [0.5, 0.6) is 5.75 Å².